The quantitative estimate of drug-likeness (QED) is 0.838. The normalized spacial score (nSPS) is 20.6. The van der Waals surface area contributed by atoms with E-state index in [4.69, 9.17) is 0 Å². The van der Waals surface area contributed by atoms with Crippen LogP contribution in [0.15, 0.2) is 30.9 Å². The molecule has 3 rings (SSSR count). The van der Waals surface area contributed by atoms with Gasteiger partial charge in [0.05, 0.1) is 42.5 Å². The highest BCUT2D eigenvalue weighted by Gasteiger charge is 2.36. The summed E-state index contributed by atoms with van der Waals surface area (Å²) in [6.07, 6.45) is 5.87. The first-order valence-electron chi connectivity index (χ1n) is 7.27. The molecule has 3 heterocycles. The van der Waals surface area contributed by atoms with Gasteiger partial charge in [0.25, 0.3) is 0 Å². The molecule has 2 amide bonds. The number of amides is 2. The number of aliphatic hydroxyl groups is 1. The second-order valence-electron chi connectivity index (χ2n) is 5.64. The molecule has 0 radical (unpaired) electrons. The van der Waals surface area contributed by atoms with Gasteiger partial charge in [-0.25, -0.2) is 9.48 Å². The van der Waals surface area contributed by atoms with Gasteiger partial charge in [-0.3, -0.25) is 4.98 Å². The van der Waals surface area contributed by atoms with Crippen molar-refractivity contribution >= 4 is 17.4 Å². The minimum Gasteiger partial charge on any atom is -0.389 e. The maximum absolute atomic E-state index is 12.5. The summed E-state index contributed by atoms with van der Waals surface area (Å²) in [7, 11) is 3.76. The van der Waals surface area contributed by atoms with Crippen LogP contribution in [0.1, 0.15) is 6.04 Å². The summed E-state index contributed by atoms with van der Waals surface area (Å²) < 4.78 is 1.58. The van der Waals surface area contributed by atoms with Crippen LogP contribution < -0.4 is 10.2 Å². The van der Waals surface area contributed by atoms with Crippen LogP contribution in [0, 0.1) is 0 Å². The zero-order chi connectivity index (χ0) is 16.4. The number of anilines is 2. The van der Waals surface area contributed by atoms with Gasteiger partial charge < -0.3 is 20.2 Å². The van der Waals surface area contributed by atoms with Gasteiger partial charge in [0.2, 0.25) is 0 Å². The molecule has 1 saturated heterocycles. The fourth-order valence-corrected chi connectivity index (χ4v) is 2.63. The van der Waals surface area contributed by atoms with E-state index in [1.54, 1.807) is 40.4 Å². The van der Waals surface area contributed by atoms with Gasteiger partial charge in [-0.2, -0.15) is 0 Å². The second kappa shape index (κ2) is 6.21. The fraction of sp³-hybridized carbons (Fsp3) is 0.429. The topological polar surface area (TPSA) is 99.4 Å². The Balaban J connectivity index is 1.70. The highest BCUT2D eigenvalue weighted by molar-refractivity contribution is 5.93. The molecular weight excluding hydrogens is 298 g/mol. The van der Waals surface area contributed by atoms with Crippen molar-refractivity contribution in [2.75, 3.05) is 37.4 Å². The Hall–Kier alpha value is -2.68. The van der Waals surface area contributed by atoms with Crippen LogP contribution in [0.5, 0.6) is 0 Å². The number of β-amino-alcohol motifs (C(OH)–C–C–N with tert-alkyl or cyclic N) is 1. The largest absolute Gasteiger partial charge is 0.389 e. The van der Waals surface area contributed by atoms with Crippen LogP contribution in [0.25, 0.3) is 0 Å². The molecule has 2 N–H and O–H groups in total. The first kappa shape index (κ1) is 15.2. The van der Waals surface area contributed by atoms with Crippen LogP contribution in [0.3, 0.4) is 0 Å². The molecule has 9 nitrogen and oxygen atoms in total. The van der Waals surface area contributed by atoms with E-state index in [1.165, 1.54) is 0 Å². The molecule has 1 aliphatic heterocycles. The number of hydrogen-bond donors (Lipinski definition) is 2. The molecule has 0 unspecified atom stereocenters. The molecular formula is C14H19N7O2. The molecule has 1 aliphatic rings. The number of pyridine rings is 1. The van der Waals surface area contributed by atoms with E-state index >= 15 is 0 Å². The molecule has 122 valence electrons. The van der Waals surface area contributed by atoms with Crippen LogP contribution in [-0.4, -0.2) is 69.3 Å². The molecule has 0 aliphatic carbocycles. The van der Waals surface area contributed by atoms with Gasteiger partial charge in [-0.05, 0) is 6.07 Å². The van der Waals surface area contributed by atoms with Crippen LogP contribution in [0.2, 0.25) is 0 Å². The number of nitrogens with one attached hydrogen (secondary N) is 1. The van der Waals surface area contributed by atoms with Crippen molar-refractivity contribution in [3.05, 3.63) is 30.9 Å². The van der Waals surface area contributed by atoms with E-state index in [2.05, 4.69) is 20.6 Å². The summed E-state index contributed by atoms with van der Waals surface area (Å²) in [6, 6.07) is 1.20. The molecule has 9 heteroatoms. The number of carbonyl (C=O) groups is 1. The Labute approximate surface area is 133 Å². The highest BCUT2D eigenvalue weighted by Crippen LogP contribution is 2.25. The van der Waals surface area contributed by atoms with Crippen molar-refractivity contribution in [3.8, 4) is 0 Å². The number of likely N-dealkylation sites (tertiary alicyclic amines) is 1. The van der Waals surface area contributed by atoms with E-state index < -0.39 is 6.10 Å². The van der Waals surface area contributed by atoms with Crippen LogP contribution in [0.4, 0.5) is 16.2 Å². The maximum Gasteiger partial charge on any atom is 0.322 e. The number of nitrogens with zero attached hydrogens (tertiary/aromatic N) is 6. The van der Waals surface area contributed by atoms with Crippen molar-refractivity contribution in [1.29, 1.82) is 0 Å². The monoisotopic (exact) mass is 317 g/mol. The third-order valence-corrected chi connectivity index (χ3v) is 3.85. The third kappa shape index (κ3) is 3.09. The lowest BCUT2D eigenvalue weighted by molar-refractivity contribution is 0.139. The lowest BCUT2D eigenvalue weighted by Gasteiger charge is -2.20. The van der Waals surface area contributed by atoms with Crippen LogP contribution in [-0.2, 0) is 0 Å². The molecule has 0 bridgehead atoms. The van der Waals surface area contributed by atoms with Crippen LogP contribution >= 0.6 is 0 Å². The molecule has 0 aromatic carbocycles. The average Bonchev–Trinajstić information content (AvgIpc) is 3.16. The molecule has 2 aromatic rings. The minimum absolute atomic E-state index is 0.249. The Bertz CT molecular complexity index is 674. The van der Waals surface area contributed by atoms with E-state index in [0.717, 1.165) is 5.69 Å². The predicted molar refractivity (Wildman–Crippen MR) is 84.2 cm³/mol. The number of aliphatic hydroxyl groups excluding tert-OH is 1. The second-order valence-corrected chi connectivity index (χ2v) is 5.64. The fourth-order valence-electron chi connectivity index (χ4n) is 2.63. The van der Waals surface area contributed by atoms with Gasteiger partial charge in [0.1, 0.15) is 0 Å². The Morgan fingerprint density at radius 2 is 2.22 bits per heavy atom. The number of urea groups is 1. The van der Waals surface area contributed by atoms with Gasteiger partial charge in [0.15, 0.2) is 0 Å². The van der Waals surface area contributed by atoms with Crippen molar-refractivity contribution in [1.82, 2.24) is 24.9 Å². The van der Waals surface area contributed by atoms with E-state index in [1.807, 2.05) is 19.0 Å². The minimum atomic E-state index is -0.673. The molecule has 0 saturated carbocycles. The Kier molecular flexibility index (Phi) is 4.11. The van der Waals surface area contributed by atoms with Crippen molar-refractivity contribution in [2.24, 2.45) is 0 Å². The van der Waals surface area contributed by atoms with E-state index in [-0.39, 0.29) is 18.6 Å². The number of hydrogen-bond acceptors (Lipinski definition) is 6. The SMILES string of the molecule is CN(C)c1cnccc1NC(=O)N1C[C@@H](O)[C@H](n2ccnn2)C1. The zero-order valence-electron chi connectivity index (χ0n) is 13.0. The zero-order valence-corrected chi connectivity index (χ0v) is 13.0. The average molecular weight is 317 g/mol. The van der Waals surface area contributed by atoms with Crippen molar-refractivity contribution in [2.45, 2.75) is 12.1 Å². The molecule has 23 heavy (non-hydrogen) atoms. The predicted octanol–water partition coefficient (Wildman–Crippen LogP) is 0.189. The lowest BCUT2D eigenvalue weighted by atomic mass is 10.2. The van der Waals surface area contributed by atoms with E-state index in [0.29, 0.717) is 12.2 Å². The van der Waals surface area contributed by atoms with Crippen molar-refractivity contribution in [3.63, 3.8) is 0 Å². The summed E-state index contributed by atoms with van der Waals surface area (Å²) in [5.41, 5.74) is 1.49. The summed E-state index contributed by atoms with van der Waals surface area (Å²) in [6.45, 7) is 0.623. The first-order valence-corrected chi connectivity index (χ1v) is 7.27. The smallest absolute Gasteiger partial charge is 0.322 e. The van der Waals surface area contributed by atoms with Crippen molar-refractivity contribution < 1.29 is 9.90 Å². The first-order chi connectivity index (χ1) is 11.1. The third-order valence-electron chi connectivity index (χ3n) is 3.85. The number of rotatable bonds is 3. The number of aromatic nitrogens is 4. The lowest BCUT2D eigenvalue weighted by Crippen LogP contribution is -2.34. The van der Waals surface area contributed by atoms with Gasteiger partial charge in [-0.15, -0.1) is 5.10 Å². The molecule has 2 atom stereocenters. The summed E-state index contributed by atoms with van der Waals surface area (Å²) in [5.74, 6) is 0. The summed E-state index contributed by atoms with van der Waals surface area (Å²) >= 11 is 0. The standard InChI is InChI=1S/C14H19N7O2/c1-19(2)11-7-15-4-3-10(11)17-14(23)20-8-12(13(22)9-20)21-6-5-16-18-21/h3-7,12-13,22H,8-9H2,1-2H3,(H,15,17,23)/t12-,13-/m1/s1. The van der Waals surface area contributed by atoms with Gasteiger partial charge >= 0.3 is 6.03 Å². The maximum atomic E-state index is 12.5. The Morgan fingerprint density at radius 1 is 1.39 bits per heavy atom. The summed E-state index contributed by atoms with van der Waals surface area (Å²) in [5, 5.41) is 20.7. The molecule has 2 aromatic heterocycles. The van der Waals surface area contributed by atoms with E-state index in [9.17, 15) is 9.90 Å². The summed E-state index contributed by atoms with van der Waals surface area (Å²) in [4.78, 5) is 20.0. The highest BCUT2D eigenvalue weighted by atomic mass is 16.3. The molecule has 1 fully saturated rings. The molecule has 0 spiro atoms. The van der Waals surface area contributed by atoms with Gasteiger partial charge in [0, 0.05) is 33.0 Å². The number of carbonyl (C=O) groups excluding carboxylic acids is 1. The Morgan fingerprint density at radius 3 is 2.91 bits per heavy atom. The van der Waals surface area contributed by atoms with Gasteiger partial charge in [-0.1, -0.05) is 5.21 Å².